The molecule has 1 heterocycles. The minimum Gasteiger partial charge on any atom is -0.383 e. The van der Waals surface area contributed by atoms with Crippen LogP contribution >= 0.6 is 11.8 Å². The lowest BCUT2D eigenvalue weighted by Gasteiger charge is -2.07. The minimum absolute atomic E-state index is 0.0250. The summed E-state index contributed by atoms with van der Waals surface area (Å²) < 4.78 is 17.7. The Bertz CT molecular complexity index is 577. The Labute approximate surface area is 131 Å². The largest absolute Gasteiger partial charge is 0.383 e. The topological polar surface area (TPSA) is 79.8 Å². The third-order valence-electron chi connectivity index (χ3n) is 2.83. The Kier molecular flexibility index (Phi) is 5.91. The maximum absolute atomic E-state index is 12.8. The molecule has 0 spiro atoms. The molecule has 0 bridgehead atoms. The van der Waals surface area contributed by atoms with E-state index in [-0.39, 0.29) is 24.1 Å². The van der Waals surface area contributed by atoms with Gasteiger partial charge in [0.1, 0.15) is 11.1 Å². The number of carbonyl (C=O) groups excluding carboxylic acids is 2. The average molecular weight is 325 g/mol. The van der Waals surface area contributed by atoms with Crippen LogP contribution < -0.4 is 10.6 Å². The van der Waals surface area contributed by atoms with Crippen molar-refractivity contribution < 1.29 is 18.7 Å². The first-order valence-corrected chi connectivity index (χ1v) is 7.53. The van der Waals surface area contributed by atoms with E-state index < -0.39 is 5.25 Å². The number of amidine groups is 1. The number of amides is 2. The van der Waals surface area contributed by atoms with E-state index in [4.69, 9.17) is 4.74 Å². The average Bonchev–Trinajstić information content (AvgIpc) is 2.82. The summed E-state index contributed by atoms with van der Waals surface area (Å²) in [7, 11) is 1.57. The number of nitrogens with zero attached hydrogens (tertiary/aromatic N) is 1. The number of rotatable bonds is 6. The van der Waals surface area contributed by atoms with Crippen LogP contribution in [0.3, 0.4) is 0 Å². The number of benzene rings is 1. The first-order valence-electron chi connectivity index (χ1n) is 6.65. The number of hydrogen-bond acceptors (Lipinski definition) is 5. The quantitative estimate of drug-likeness (QED) is 0.775. The van der Waals surface area contributed by atoms with Crippen LogP contribution in [0, 0.1) is 5.82 Å². The first kappa shape index (κ1) is 16.4. The van der Waals surface area contributed by atoms with E-state index in [1.165, 1.54) is 36.0 Å². The summed E-state index contributed by atoms with van der Waals surface area (Å²) >= 11 is 1.22. The standard InChI is InChI=1S/C14H16FN3O3S/c1-21-7-6-16-14-18-13(20)11(22-14)8-12(19)17-10-4-2-9(15)3-5-10/h2-5,11H,6-8H2,1H3,(H,17,19)(H,16,18,20)/t11-/m1/s1. The fraction of sp³-hybridized carbons (Fsp3) is 0.357. The van der Waals surface area contributed by atoms with Gasteiger partial charge in [-0.25, -0.2) is 4.39 Å². The highest BCUT2D eigenvalue weighted by Gasteiger charge is 2.31. The molecule has 8 heteroatoms. The molecule has 2 N–H and O–H groups in total. The second-order valence-electron chi connectivity index (χ2n) is 4.53. The van der Waals surface area contributed by atoms with Gasteiger partial charge in [-0.05, 0) is 24.3 Å². The van der Waals surface area contributed by atoms with Gasteiger partial charge in [0.25, 0.3) is 0 Å². The van der Waals surface area contributed by atoms with Crippen LogP contribution in [-0.4, -0.2) is 42.5 Å². The number of halogens is 1. The zero-order valence-corrected chi connectivity index (χ0v) is 12.8. The van der Waals surface area contributed by atoms with E-state index in [2.05, 4.69) is 15.6 Å². The van der Waals surface area contributed by atoms with Crippen LogP contribution in [-0.2, 0) is 14.3 Å². The van der Waals surface area contributed by atoms with Crippen molar-refractivity contribution in [2.24, 2.45) is 4.99 Å². The zero-order valence-electron chi connectivity index (χ0n) is 12.0. The monoisotopic (exact) mass is 325 g/mol. The molecule has 1 fully saturated rings. The number of hydrogen-bond donors (Lipinski definition) is 2. The van der Waals surface area contributed by atoms with Gasteiger partial charge in [0.2, 0.25) is 11.8 Å². The molecule has 0 saturated carbocycles. The summed E-state index contributed by atoms with van der Waals surface area (Å²) in [6.45, 7) is 0.920. The maximum atomic E-state index is 12.8. The van der Waals surface area contributed by atoms with Gasteiger partial charge in [-0.3, -0.25) is 14.6 Å². The van der Waals surface area contributed by atoms with E-state index in [0.717, 1.165) is 0 Å². The minimum atomic E-state index is -0.512. The number of aliphatic imine (C=N–C) groups is 1. The molecule has 1 aliphatic rings. The van der Waals surface area contributed by atoms with Crippen molar-refractivity contribution in [3.05, 3.63) is 30.1 Å². The molecule has 2 rings (SSSR count). The van der Waals surface area contributed by atoms with Gasteiger partial charge in [0, 0.05) is 19.2 Å². The third-order valence-corrected chi connectivity index (χ3v) is 3.95. The Morgan fingerprint density at radius 1 is 1.45 bits per heavy atom. The van der Waals surface area contributed by atoms with E-state index in [1.54, 1.807) is 7.11 Å². The number of ether oxygens (including phenoxy) is 1. The smallest absolute Gasteiger partial charge is 0.240 e. The lowest BCUT2D eigenvalue weighted by Crippen LogP contribution is -2.28. The van der Waals surface area contributed by atoms with Crippen molar-refractivity contribution in [1.29, 1.82) is 0 Å². The summed E-state index contributed by atoms with van der Waals surface area (Å²) in [5, 5.41) is 5.24. The molecule has 1 aromatic carbocycles. The molecule has 0 radical (unpaired) electrons. The van der Waals surface area contributed by atoms with Crippen molar-refractivity contribution in [2.75, 3.05) is 25.6 Å². The number of nitrogens with one attached hydrogen (secondary N) is 2. The van der Waals surface area contributed by atoms with Crippen LogP contribution in [0.25, 0.3) is 0 Å². The van der Waals surface area contributed by atoms with Gasteiger partial charge in [-0.15, -0.1) is 0 Å². The lowest BCUT2D eigenvalue weighted by atomic mass is 10.2. The van der Waals surface area contributed by atoms with Crippen molar-refractivity contribution >= 4 is 34.4 Å². The maximum Gasteiger partial charge on any atom is 0.240 e. The van der Waals surface area contributed by atoms with Crippen LogP contribution in [0.2, 0.25) is 0 Å². The Balaban J connectivity index is 1.85. The van der Waals surface area contributed by atoms with E-state index in [9.17, 15) is 14.0 Å². The SMILES string of the molecule is COCCN=C1NC(=O)[C@@H](CC(=O)Nc2ccc(F)cc2)S1. The number of methoxy groups -OCH3 is 1. The molecule has 22 heavy (non-hydrogen) atoms. The van der Waals surface area contributed by atoms with Crippen molar-refractivity contribution in [3.63, 3.8) is 0 Å². The molecular formula is C14H16FN3O3S. The fourth-order valence-electron chi connectivity index (χ4n) is 1.77. The molecule has 1 aromatic rings. The highest BCUT2D eigenvalue weighted by Crippen LogP contribution is 2.23. The Morgan fingerprint density at radius 2 is 2.18 bits per heavy atom. The van der Waals surface area contributed by atoms with Crippen molar-refractivity contribution in [3.8, 4) is 0 Å². The van der Waals surface area contributed by atoms with Gasteiger partial charge in [0.15, 0.2) is 5.17 Å². The second kappa shape index (κ2) is 7.90. The number of anilines is 1. The molecule has 0 aliphatic carbocycles. The summed E-state index contributed by atoms with van der Waals surface area (Å²) in [5.74, 6) is -0.923. The summed E-state index contributed by atoms with van der Waals surface area (Å²) in [4.78, 5) is 27.8. The normalized spacial score (nSPS) is 19.3. The van der Waals surface area contributed by atoms with Gasteiger partial charge in [0.05, 0.1) is 13.2 Å². The van der Waals surface area contributed by atoms with E-state index in [0.29, 0.717) is 24.0 Å². The summed E-state index contributed by atoms with van der Waals surface area (Å²) in [5.41, 5.74) is 0.490. The molecule has 1 atom stereocenters. The first-order chi connectivity index (χ1) is 10.6. The predicted molar refractivity (Wildman–Crippen MR) is 83.3 cm³/mol. The van der Waals surface area contributed by atoms with Crippen molar-refractivity contribution in [1.82, 2.24) is 5.32 Å². The van der Waals surface area contributed by atoms with Gasteiger partial charge >= 0.3 is 0 Å². The Hall–Kier alpha value is -1.93. The van der Waals surface area contributed by atoms with Crippen molar-refractivity contribution in [2.45, 2.75) is 11.7 Å². The lowest BCUT2D eigenvalue weighted by molar-refractivity contribution is -0.122. The predicted octanol–water partition coefficient (Wildman–Crippen LogP) is 1.39. The molecule has 2 amide bonds. The molecule has 118 valence electrons. The van der Waals surface area contributed by atoms with E-state index in [1.807, 2.05) is 0 Å². The zero-order chi connectivity index (χ0) is 15.9. The summed E-state index contributed by atoms with van der Waals surface area (Å²) in [6, 6.07) is 5.44. The van der Waals surface area contributed by atoms with Crippen LogP contribution in [0.4, 0.5) is 10.1 Å². The van der Waals surface area contributed by atoms with Gasteiger partial charge in [-0.1, -0.05) is 11.8 Å². The second-order valence-corrected chi connectivity index (χ2v) is 5.73. The molecule has 6 nitrogen and oxygen atoms in total. The van der Waals surface area contributed by atoms with Crippen LogP contribution in [0.5, 0.6) is 0 Å². The van der Waals surface area contributed by atoms with E-state index >= 15 is 0 Å². The molecule has 0 aromatic heterocycles. The Morgan fingerprint density at radius 3 is 2.86 bits per heavy atom. The van der Waals surface area contributed by atoms with Gasteiger partial charge < -0.3 is 15.4 Å². The summed E-state index contributed by atoms with van der Waals surface area (Å²) in [6.07, 6.45) is 0.0250. The molecular weight excluding hydrogens is 309 g/mol. The van der Waals surface area contributed by atoms with Crippen LogP contribution in [0.15, 0.2) is 29.3 Å². The van der Waals surface area contributed by atoms with Crippen LogP contribution in [0.1, 0.15) is 6.42 Å². The highest BCUT2D eigenvalue weighted by molar-refractivity contribution is 8.15. The molecule has 1 aliphatic heterocycles. The number of thioether (sulfide) groups is 1. The van der Waals surface area contributed by atoms with Gasteiger partial charge in [-0.2, -0.15) is 0 Å². The third kappa shape index (κ3) is 4.81. The molecule has 0 unspecified atom stereocenters. The fourth-order valence-corrected chi connectivity index (χ4v) is 2.76. The number of carbonyl (C=O) groups is 2. The highest BCUT2D eigenvalue weighted by atomic mass is 32.2. The molecule has 1 saturated heterocycles.